The van der Waals surface area contributed by atoms with E-state index in [2.05, 4.69) is 23.7 Å². The zero-order chi connectivity index (χ0) is 17.1. The van der Waals surface area contributed by atoms with Gasteiger partial charge in [-0.15, -0.1) is 0 Å². The van der Waals surface area contributed by atoms with Crippen molar-refractivity contribution >= 4 is 11.8 Å². The van der Waals surface area contributed by atoms with Crippen molar-refractivity contribution in [1.29, 1.82) is 0 Å². The average molecular weight is 333 g/mol. The molecule has 0 radical (unpaired) electrons. The maximum Gasteiger partial charge on any atom is 0.317 e. The lowest BCUT2D eigenvalue weighted by atomic mass is 9.74. The number of ketones is 1. The van der Waals surface area contributed by atoms with Gasteiger partial charge in [-0.05, 0) is 56.6 Å². The Balaban J connectivity index is 1.63. The standard InChI is InChI=1S/C19H31N3O2/c1-3-7-22-13-16(20-19(24)21-8-5-4-6-9-21)11-15-12-18(23)14(2)10-17(15)22/h15-17H,2-13H2,1H3,(H,20,24)/t15-,16+,17-/m1/s1. The summed E-state index contributed by atoms with van der Waals surface area (Å²) in [5.41, 5.74) is 0.785. The van der Waals surface area contributed by atoms with Crippen LogP contribution in [0.15, 0.2) is 12.2 Å². The summed E-state index contributed by atoms with van der Waals surface area (Å²) < 4.78 is 0. The highest BCUT2D eigenvalue weighted by molar-refractivity contribution is 5.95. The van der Waals surface area contributed by atoms with Crippen molar-refractivity contribution in [1.82, 2.24) is 15.1 Å². The van der Waals surface area contributed by atoms with Crippen molar-refractivity contribution in [2.45, 2.75) is 64.0 Å². The topological polar surface area (TPSA) is 52.7 Å². The minimum absolute atomic E-state index is 0.0844. The SMILES string of the molecule is C=C1C[C@@H]2[C@@H](CC1=O)C[C@H](NC(=O)N1CCCCC1)CN2CCC. The third-order valence-corrected chi connectivity index (χ3v) is 5.83. The van der Waals surface area contributed by atoms with Gasteiger partial charge in [0.1, 0.15) is 0 Å². The summed E-state index contributed by atoms with van der Waals surface area (Å²) in [5, 5.41) is 3.25. The molecule has 24 heavy (non-hydrogen) atoms. The number of amides is 2. The zero-order valence-corrected chi connectivity index (χ0v) is 14.9. The predicted octanol–water partition coefficient (Wildman–Crippen LogP) is 2.57. The first-order valence-corrected chi connectivity index (χ1v) is 9.59. The van der Waals surface area contributed by atoms with Crippen LogP contribution in [0.3, 0.4) is 0 Å². The average Bonchev–Trinajstić information content (AvgIpc) is 2.58. The molecule has 5 heteroatoms. The minimum Gasteiger partial charge on any atom is -0.334 e. The van der Waals surface area contributed by atoms with Gasteiger partial charge in [-0.3, -0.25) is 9.69 Å². The molecule has 0 spiro atoms. The first-order chi connectivity index (χ1) is 11.6. The van der Waals surface area contributed by atoms with Crippen molar-refractivity contribution < 1.29 is 9.59 Å². The van der Waals surface area contributed by atoms with Crippen molar-refractivity contribution in [3.63, 3.8) is 0 Å². The maximum atomic E-state index is 12.5. The number of Topliss-reactive ketones (excluding diaryl/α,β-unsaturated/α-hetero) is 1. The van der Waals surface area contributed by atoms with E-state index in [0.717, 1.165) is 63.9 Å². The molecule has 1 saturated carbocycles. The zero-order valence-electron chi connectivity index (χ0n) is 14.9. The van der Waals surface area contributed by atoms with Crippen molar-refractivity contribution in [2.24, 2.45) is 5.92 Å². The molecule has 3 fully saturated rings. The van der Waals surface area contributed by atoms with Crippen LogP contribution in [0.1, 0.15) is 51.9 Å². The molecule has 1 N–H and O–H groups in total. The second-order valence-electron chi connectivity index (χ2n) is 7.69. The van der Waals surface area contributed by atoms with E-state index in [1.165, 1.54) is 6.42 Å². The molecule has 2 aliphatic heterocycles. The molecular formula is C19H31N3O2. The Morgan fingerprint density at radius 2 is 2.00 bits per heavy atom. The summed E-state index contributed by atoms with van der Waals surface area (Å²) in [6, 6.07) is 0.672. The van der Waals surface area contributed by atoms with Gasteiger partial charge in [0, 0.05) is 38.1 Å². The Kier molecular flexibility index (Phi) is 5.59. The summed E-state index contributed by atoms with van der Waals surface area (Å²) in [6.07, 6.45) is 6.87. The van der Waals surface area contributed by atoms with Gasteiger partial charge in [-0.25, -0.2) is 4.79 Å². The Labute approximate surface area is 145 Å². The van der Waals surface area contributed by atoms with E-state index in [0.29, 0.717) is 18.4 Å². The molecule has 0 aromatic heterocycles. The van der Waals surface area contributed by atoms with E-state index >= 15 is 0 Å². The van der Waals surface area contributed by atoms with Crippen molar-refractivity contribution in [3.05, 3.63) is 12.2 Å². The number of nitrogens with zero attached hydrogens (tertiary/aromatic N) is 2. The van der Waals surface area contributed by atoms with Crippen LogP contribution in [0.25, 0.3) is 0 Å². The first kappa shape index (κ1) is 17.5. The number of fused-ring (bicyclic) bond motifs is 1. The summed E-state index contributed by atoms with van der Waals surface area (Å²) in [5.74, 6) is 0.575. The molecule has 1 aliphatic carbocycles. The number of piperidine rings is 2. The van der Waals surface area contributed by atoms with Gasteiger partial charge in [0.25, 0.3) is 0 Å². The van der Waals surface area contributed by atoms with Crippen LogP contribution >= 0.6 is 0 Å². The third-order valence-electron chi connectivity index (χ3n) is 5.83. The Hall–Kier alpha value is -1.36. The van der Waals surface area contributed by atoms with Crippen molar-refractivity contribution in [2.75, 3.05) is 26.2 Å². The van der Waals surface area contributed by atoms with E-state index in [-0.39, 0.29) is 17.9 Å². The number of nitrogens with one attached hydrogen (secondary N) is 1. The fraction of sp³-hybridized carbons (Fsp3) is 0.789. The maximum absolute atomic E-state index is 12.5. The quantitative estimate of drug-likeness (QED) is 0.808. The van der Waals surface area contributed by atoms with Crippen LogP contribution in [-0.2, 0) is 4.79 Å². The summed E-state index contributed by atoms with van der Waals surface area (Å²) >= 11 is 0. The molecule has 0 bridgehead atoms. The molecular weight excluding hydrogens is 302 g/mol. The molecule has 3 atom stereocenters. The van der Waals surface area contributed by atoms with E-state index in [1.807, 2.05) is 4.90 Å². The van der Waals surface area contributed by atoms with E-state index in [4.69, 9.17) is 0 Å². The van der Waals surface area contributed by atoms with E-state index < -0.39 is 0 Å². The van der Waals surface area contributed by atoms with Gasteiger partial charge in [0.15, 0.2) is 5.78 Å². The fourth-order valence-electron chi connectivity index (χ4n) is 4.59. The molecule has 134 valence electrons. The molecule has 2 saturated heterocycles. The molecule has 5 nitrogen and oxygen atoms in total. The molecule has 3 rings (SSSR count). The minimum atomic E-state index is 0.0844. The molecule has 2 amide bonds. The Bertz CT molecular complexity index is 499. The smallest absolute Gasteiger partial charge is 0.317 e. The monoisotopic (exact) mass is 333 g/mol. The molecule has 2 heterocycles. The number of carbonyl (C=O) groups is 2. The Morgan fingerprint density at radius 1 is 1.25 bits per heavy atom. The van der Waals surface area contributed by atoms with Gasteiger partial charge < -0.3 is 10.2 Å². The normalized spacial score (nSPS) is 31.7. The Morgan fingerprint density at radius 3 is 2.71 bits per heavy atom. The summed E-state index contributed by atoms with van der Waals surface area (Å²) in [4.78, 5) is 29.0. The first-order valence-electron chi connectivity index (χ1n) is 9.59. The lowest BCUT2D eigenvalue weighted by Gasteiger charge is -2.47. The van der Waals surface area contributed by atoms with E-state index in [1.54, 1.807) is 0 Å². The molecule has 0 unspecified atom stereocenters. The van der Waals surface area contributed by atoms with Gasteiger partial charge >= 0.3 is 6.03 Å². The lowest BCUT2D eigenvalue weighted by Crippen LogP contribution is -2.59. The number of hydrogen-bond donors (Lipinski definition) is 1. The van der Waals surface area contributed by atoms with Crippen LogP contribution in [0.5, 0.6) is 0 Å². The van der Waals surface area contributed by atoms with E-state index in [9.17, 15) is 9.59 Å². The highest BCUT2D eigenvalue weighted by atomic mass is 16.2. The van der Waals surface area contributed by atoms with Gasteiger partial charge in [0.2, 0.25) is 0 Å². The van der Waals surface area contributed by atoms with Crippen molar-refractivity contribution in [3.8, 4) is 0 Å². The predicted molar refractivity (Wildman–Crippen MR) is 94.9 cm³/mol. The van der Waals surface area contributed by atoms with Crippen LogP contribution in [0.2, 0.25) is 0 Å². The highest BCUT2D eigenvalue weighted by Crippen LogP contribution is 2.35. The fourth-order valence-corrected chi connectivity index (χ4v) is 4.59. The van der Waals surface area contributed by atoms with Crippen LogP contribution < -0.4 is 5.32 Å². The third kappa shape index (κ3) is 3.82. The summed E-state index contributed by atoms with van der Waals surface area (Å²) in [7, 11) is 0. The molecule has 3 aliphatic rings. The lowest BCUT2D eigenvalue weighted by molar-refractivity contribution is -0.119. The number of rotatable bonds is 3. The number of hydrogen-bond acceptors (Lipinski definition) is 3. The van der Waals surface area contributed by atoms with Gasteiger partial charge in [-0.2, -0.15) is 0 Å². The number of likely N-dealkylation sites (tertiary alicyclic amines) is 2. The number of carbonyl (C=O) groups excluding carboxylic acids is 2. The highest BCUT2D eigenvalue weighted by Gasteiger charge is 2.41. The van der Waals surface area contributed by atoms with Gasteiger partial charge in [-0.1, -0.05) is 13.5 Å². The van der Waals surface area contributed by atoms with Crippen LogP contribution in [0.4, 0.5) is 4.79 Å². The second-order valence-corrected chi connectivity index (χ2v) is 7.69. The second kappa shape index (κ2) is 7.68. The largest absolute Gasteiger partial charge is 0.334 e. The van der Waals surface area contributed by atoms with Gasteiger partial charge in [0.05, 0.1) is 0 Å². The summed E-state index contributed by atoms with van der Waals surface area (Å²) in [6.45, 7) is 9.82. The van der Waals surface area contributed by atoms with Crippen LogP contribution in [-0.4, -0.2) is 59.9 Å². The molecule has 0 aromatic carbocycles. The number of urea groups is 1. The van der Waals surface area contributed by atoms with Crippen LogP contribution in [0, 0.1) is 5.92 Å². The molecule has 0 aromatic rings.